The SMILES string of the molecule is CCC(CC)n1nc(COC)c(S(=O)(=O)Cl)c1Cl. The Morgan fingerprint density at radius 3 is 2.33 bits per heavy atom. The summed E-state index contributed by atoms with van der Waals surface area (Å²) in [7, 11) is 2.90. The molecule has 0 atom stereocenters. The van der Waals surface area contributed by atoms with Crippen LogP contribution in [-0.2, 0) is 20.4 Å². The third kappa shape index (κ3) is 3.17. The molecule has 0 unspecified atom stereocenters. The monoisotopic (exact) mass is 314 g/mol. The van der Waals surface area contributed by atoms with Gasteiger partial charge in [-0.1, -0.05) is 25.4 Å². The first-order chi connectivity index (χ1) is 8.36. The lowest BCUT2D eigenvalue weighted by atomic mass is 10.2. The number of ether oxygens (including phenoxy) is 1. The Hall–Kier alpha value is -0.300. The second kappa shape index (κ2) is 6.23. The number of halogens is 2. The van der Waals surface area contributed by atoms with Crippen molar-refractivity contribution in [2.75, 3.05) is 7.11 Å². The van der Waals surface area contributed by atoms with E-state index in [0.717, 1.165) is 12.8 Å². The third-order valence-corrected chi connectivity index (χ3v) is 4.55. The first kappa shape index (κ1) is 15.8. The topological polar surface area (TPSA) is 61.2 Å². The molecular formula is C10H16Cl2N2O3S. The summed E-state index contributed by atoms with van der Waals surface area (Å²) in [6, 6.07) is 0.0419. The van der Waals surface area contributed by atoms with Gasteiger partial charge in [-0.2, -0.15) is 5.10 Å². The van der Waals surface area contributed by atoms with Crippen molar-refractivity contribution < 1.29 is 13.2 Å². The second-order valence-corrected chi connectivity index (χ2v) is 6.71. The highest BCUT2D eigenvalue weighted by Gasteiger charge is 2.28. The van der Waals surface area contributed by atoms with E-state index >= 15 is 0 Å². The van der Waals surface area contributed by atoms with E-state index in [1.54, 1.807) is 0 Å². The van der Waals surface area contributed by atoms with Crippen molar-refractivity contribution >= 4 is 31.3 Å². The van der Waals surface area contributed by atoms with Crippen LogP contribution in [0.5, 0.6) is 0 Å². The van der Waals surface area contributed by atoms with Gasteiger partial charge < -0.3 is 4.74 Å². The van der Waals surface area contributed by atoms with Gasteiger partial charge in [-0.3, -0.25) is 0 Å². The summed E-state index contributed by atoms with van der Waals surface area (Å²) in [4.78, 5) is -0.153. The summed E-state index contributed by atoms with van der Waals surface area (Å²) in [5.41, 5.74) is 0.240. The minimum absolute atomic E-state index is 0.0419. The molecule has 0 aliphatic rings. The second-order valence-electron chi connectivity index (χ2n) is 3.85. The summed E-state index contributed by atoms with van der Waals surface area (Å²) in [5.74, 6) is 0. The zero-order chi connectivity index (χ0) is 13.9. The Kier molecular flexibility index (Phi) is 5.46. The smallest absolute Gasteiger partial charge is 0.266 e. The van der Waals surface area contributed by atoms with E-state index in [9.17, 15) is 8.42 Å². The molecule has 0 fully saturated rings. The Morgan fingerprint density at radius 2 is 1.94 bits per heavy atom. The number of rotatable bonds is 6. The average Bonchev–Trinajstić information content (AvgIpc) is 2.58. The van der Waals surface area contributed by atoms with Gasteiger partial charge in [-0.05, 0) is 12.8 Å². The molecule has 0 N–H and O–H groups in total. The van der Waals surface area contributed by atoms with Crippen LogP contribution in [0, 0.1) is 0 Å². The first-order valence-electron chi connectivity index (χ1n) is 5.57. The first-order valence-corrected chi connectivity index (χ1v) is 8.25. The Labute approximate surface area is 116 Å². The standard InChI is InChI=1S/C10H16Cl2N2O3S/c1-4-7(5-2)14-10(11)9(18(12,15)16)8(13-14)6-17-3/h7H,4-6H2,1-3H3. The fourth-order valence-corrected chi connectivity index (χ4v) is 3.66. The molecule has 0 aliphatic heterocycles. The molecule has 1 heterocycles. The molecule has 0 spiro atoms. The lowest BCUT2D eigenvalue weighted by Gasteiger charge is -2.13. The van der Waals surface area contributed by atoms with Gasteiger partial charge in [-0.25, -0.2) is 13.1 Å². The van der Waals surface area contributed by atoms with Crippen molar-refractivity contribution in [2.45, 2.75) is 44.2 Å². The highest BCUT2D eigenvalue weighted by atomic mass is 35.7. The molecule has 0 radical (unpaired) electrons. The van der Waals surface area contributed by atoms with Crippen LogP contribution >= 0.6 is 22.3 Å². The molecule has 1 aromatic rings. The average molecular weight is 315 g/mol. The van der Waals surface area contributed by atoms with E-state index in [4.69, 9.17) is 27.0 Å². The third-order valence-electron chi connectivity index (χ3n) is 2.69. The molecule has 0 aromatic carbocycles. The minimum Gasteiger partial charge on any atom is -0.378 e. The molecule has 0 saturated carbocycles. The van der Waals surface area contributed by atoms with Gasteiger partial charge in [0.1, 0.15) is 15.7 Å². The molecule has 1 rings (SSSR count). The molecule has 1 aromatic heterocycles. The Bertz CT molecular complexity index is 509. The molecule has 0 bridgehead atoms. The van der Waals surface area contributed by atoms with E-state index in [2.05, 4.69) is 5.10 Å². The van der Waals surface area contributed by atoms with Crippen LogP contribution in [0.15, 0.2) is 4.90 Å². The van der Waals surface area contributed by atoms with E-state index in [1.807, 2.05) is 13.8 Å². The zero-order valence-corrected chi connectivity index (χ0v) is 12.8. The van der Waals surface area contributed by atoms with Crippen molar-refractivity contribution in [3.8, 4) is 0 Å². The van der Waals surface area contributed by atoms with Crippen molar-refractivity contribution in [3.05, 3.63) is 10.8 Å². The van der Waals surface area contributed by atoms with Crippen molar-refractivity contribution in [2.24, 2.45) is 0 Å². The maximum atomic E-state index is 11.5. The normalized spacial score (nSPS) is 12.3. The van der Waals surface area contributed by atoms with Gasteiger partial charge in [0.15, 0.2) is 0 Å². The van der Waals surface area contributed by atoms with Crippen LogP contribution in [0.1, 0.15) is 38.4 Å². The molecule has 104 valence electrons. The summed E-state index contributed by atoms with van der Waals surface area (Å²) in [5, 5.41) is 4.25. The predicted octanol–water partition coefficient (Wildman–Crippen LogP) is 2.97. The Morgan fingerprint density at radius 1 is 1.39 bits per heavy atom. The summed E-state index contributed by atoms with van der Waals surface area (Å²) < 4.78 is 29.5. The van der Waals surface area contributed by atoms with Crippen molar-refractivity contribution in [1.29, 1.82) is 0 Å². The summed E-state index contributed by atoms with van der Waals surface area (Å²) in [6.45, 7) is 4.02. The molecule has 18 heavy (non-hydrogen) atoms. The maximum absolute atomic E-state index is 11.5. The van der Waals surface area contributed by atoms with E-state index < -0.39 is 9.05 Å². The lowest BCUT2D eigenvalue weighted by Crippen LogP contribution is -2.09. The molecular weight excluding hydrogens is 299 g/mol. The van der Waals surface area contributed by atoms with Gasteiger partial charge >= 0.3 is 0 Å². The van der Waals surface area contributed by atoms with E-state index in [0.29, 0.717) is 0 Å². The lowest BCUT2D eigenvalue weighted by molar-refractivity contribution is 0.178. The largest absolute Gasteiger partial charge is 0.378 e. The van der Waals surface area contributed by atoms with Crippen LogP contribution in [0.3, 0.4) is 0 Å². The van der Waals surface area contributed by atoms with Crippen LogP contribution in [-0.4, -0.2) is 25.3 Å². The van der Waals surface area contributed by atoms with Gasteiger partial charge in [0.2, 0.25) is 0 Å². The van der Waals surface area contributed by atoms with Crippen LogP contribution in [0.4, 0.5) is 0 Å². The zero-order valence-electron chi connectivity index (χ0n) is 10.5. The van der Waals surface area contributed by atoms with Gasteiger partial charge in [0.25, 0.3) is 9.05 Å². The molecule has 8 heteroatoms. The van der Waals surface area contributed by atoms with Crippen LogP contribution in [0.25, 0.3) is 0 Å². The predicted molar refractivity (Wildman–Crippen MR) is 70.6 cm³/mol. The molecule has 5 nitrogen and oxygen atoms in total. The highest BCUT2D eigenvalue weighted by Crippen LogP contribution is 2.32. The summed E-state index contributed by atoms with van der Waals surface area (Å²) >= 11 is 6.08. The van der Waals surface area contributed by atoms with Gasteiger partial charge in [-0.15, -0.1) is 0 Å². The van der Waals surface area contributed by atoms with Crippen molar-refractivity contribution in [3.63, 3.8) is 0 Å². The van der Waals surface area contributed by atoms with Crippen LogP contribution < -0.4 is 0 Å². The Balaban J connectivity index is 3.41. The van der Waals surface area contributed by atoms with E-state index in [1.165, 1.54) is 11.8 Å². The minimum atomic E-state index is -3.94. The molecule has 0 amide bonds. The quantitative estimate of drug-likeness (QED) is 0.757. The van der Waals surface area contributed by atoms with Gasteiger partial charge in [0, 0.05) is 17.8 Å². The molecule has 0 saturated heterocycles. The number of nitrogens with zero attached hydrogens (tertiary/aromatic N) is 2. The number of hydrogen-bond donors (Lipinski definition) is 0. The fourth-order valence-electron chi connectivity index (χ4n) is 1.79. The summed E-state index contributed by atoms with van der Waals surface area (Å²) in [6.07, 6.45) is 1.60. The van der Waals surface area contributed by atoms with Crippen molar-refractivity contribution in [1.82, 2.24) is 9.78 Å². The van der Waals surface area contributed by atoms with E-state index in [-0.39, 0.29) is 28.4 Å². The fraction of sp³-hybridized carbons (Fsp3) is 0.700. The molecule has 0 aliphatic carbocycles. The highest BCUT2D eigenvalue weighted by molar-refractivity contribution is 8.13. The number of hydrogen-bond acceptors (Lipinski definition) is 4. The number of aromatic nitrogens is 2. The maximum Gasteiger partial charge on any atom is 0.266 e. The van der Waals surface area contributed by atoms with Gasteiger partial charge in [0.05, 0.1) is 12.6 Å². The number of methoxy groups -OCH3 is 1. The van der Waals surface area contributed by atoms with Crippen LogP contribution in [0.2, 0.25) is 5.15 Å².